The predicted octanol–water partition coefficient (Wildman–Crippen LogP) is -1.83. The van der Waals surface area contributed by atoms with E-state index in [-0.39, 0.29) is 6.29 Å². The molecule has 4 nitrogen and oxygen atoms in total. The minimum atomic E-state index is -0.162. The van der Waals surface area contributed by atoms with Crippen molar-refractivity contribution in [2.24, 2.45) is 5.73 Å². The second-order valence-corrected chi connectivity index (χ2v) is 1.16. The third-order valence-electron chi connectivity index (χ3n) is 0.611. The largest absolute Gasteiger partial charge is 0.303 e. The fourth-order valence-corrected chi connectivity index (χ4v) is 0.228. The maximum Gasteiger partial charge on any atom is 0.121 e. The molecule has 0 aliphatic rings. The van der Waals surface area contributed by atoms with E-state index in [2.05, 4.69) is 16.2 Å². The SMILES string of the molecule is CNNC(N)NC. The summed E-state index contributed by atoms with van der Waals surface area (Å²) in [5.74, 6) is 0. The van der Waals surface area contributed by atoms with Gasteiger partial charge >= 0.3 is 0 Å². The molecule has 5 N–H and O–H groups in total. The Morgan fingerprint density at radius 2 is 2.00 bits per heavy atom. The lowest BCUT2D eigenvalue weighted by molar-refractivity contribution is 0.424. The molecule has 0 saturated carbocycles. The Hall–Kier alpha value is -0.160. The Balaban J connectivity index is 2.83. The average Bonchev–Trinajstić information content (AvgIpc) is 1.68. The molecule has 0 heterocycles. The van der Waals surface area contributed by atoms with Gasteiger partial charge in [-0.1, -0.05) is 0 Å². The van der Waals surface area contributed by atoms with E-state index < -0.39 is 0 Å². The monoisotopic (exact) mass is 104 g/mol. The van der Waals surface area contributed by atoms with Crippen LogP contribution in [-0.2, 0) is 0 Å². The van der Waals surface area contributed by atoms with Gasteiger partial charge in [-0.2, -0.15) is 0 Å². The summed E-state index contributed by atoms with van der Waals surface area (Å²) in [6.45, 7) is 0. The van der Waals surface area contributed by atoms with Crippen LogP contribution < -0.4 is 21.9 Å². The first-order valence-electron chi connectivity index (χ1n) is 2.16. The summed E-state index contributed by atoms with van der Waals surface area (Å²) in [4.78, 5) is 0. The second-order valence-electron chi connectivity index (χ2n) is 1.16. The maximum absolute atomic E-state index is 5.30. The third kappa shape index (κ3) is 3.68. The highest BCUT2D eigenvalue weighted by molar-refractivity contribution is 4.42. The zero-order chi connectivity index (χ0) is 5.70. The van der Waals surface area contributed by atoms with Crippen LogP contribution in [0.1, 0.15) is 0 Å². The van der Waals surface area contributed by atoms with E-state index in [1.165, 1.54) is 0 Å². The highest BCUT2D eigenvalue weighted by atomic mass is 15.4. The molecule has 4 heteroatoms. The van der Waals surface area contributed by atoms with Crippen molar-refractivity contribution in [1.29, 1.82) is 0 Å². The molecule has 1 atom stereocenters. The van der Waals surface area contributed by atoms with Crippen LogP contribution in [0.25, 0.3) is 0 Å². The number of hydrazine groups is 1. The van der Waals surface area contributed by atoms with Gasteiger partial charge < -0.3 is 5.73 Å². The minimum absolute atomic E-state index is 0.162. The number of nitrogens with two attached hydrogens (primary N) is 1. The Labute approximate surface area is 43.4 Å². The van der Waals surface area contributed by atoms with Crippen LogP contribution in [0.5, 0.6) is 0 Å². The summed E-state index contributed by atoms with van der Waals surface area (Å²) in [5, 5.41) is 2.77. The number of nitrogens with one attached hydrogen (secondary N) is 3. The molecule has 0 radical (unpaired) electrons. The second kappa shape index (κ2) is 4.01. The lowest BCUT2D eigenvalue weighted by atomic mass is 10.9. The van der Waals surface area contributed by atoms with Crippen LogP contribution in [0.15, 0.2) is 0 Å². The van der Waals surface area contributed by atoms with E-state index >= 15 is 0 Å². The standard InChI is InChI=1S/C3H12N4/c1-5-3(4)7-6-2/h3,5-7H,4H2,1-2H3. The van der Waals surface area contributed by atoms with Crippen molar-refractivity contribution in [1.82, 2.24) is 16.2 Å². The van der Waals surface area contributed by atoms with Gasteiger partial charge in [0.1, 0.15) is 6.29 Å². The van der Waals surface area contributed by atoms with Crippen LogP contribution in [0.2, 0.25) is 0 Å². The van der Waals surface area contributed by atoms with Gasteiger partial charge in [-0.05, 0) is 14.1 Å². The first-order valence-corrected chi connectivity index (χ1v) is 2.16. The molecule has 0 fully saturated rings. The molecule has 0 rings (SSSR count). The van der Waals surface area contributed by atoms with Crippen LogP contribution in [0, 0.1) is 0 Å². The van der Waals surface area contributed by atoms with Crippen LogP contribution in [0.3, 0.4) is 0 Å². The molecule has 0 aliphatic heterocycles. The van der Waals surface area contributed by atoms with E-state index in [4.69, 9.17) is 5.73 Å². The quantitative estimate of drug-likeness (QED) is 0.251. The van der Waals surface area contributed by atoms with Crippen LogP contribution in [-0.4, -0.2) is 20.4 Å². The smallest absolute Gasteiger partial charge is 0.121 e. The van der Waals surface area contributed by atoms with Crippen molar-refractivity contribution in [2.75, 3.05) is 14.1 Å². The fourth-order valence-electron chi connectivity index (χ4n) is 0.228. The summed E-state index contributed by atoms with van der Waals surface area (Å²) >= 11 is 0. The lowest BCUT2D eigenvalue weighted by Gasteiger charge is -2.09. The topological polar surface area (TPSA) is 62.1 Å². The Kier molecular flexibility index (Phi) is 3.92. The van der Waals surface area contributed by atoms with Crippen molar-refractivity contribution < 1.29 is 0 Å². The molecular formula is C3H12N4. The Morgan fingerprint density at radius 1 is 1.43 bits per heavy atom. The highest BCUT2D eigenvalue weighted by Gasteiger charge is 1.87. The molecule has 0 amide bonds. The van der Waals surface area contributed by atoms with Gasteiger partial charge in [0.15, 0.2) is 0 Å². The van der Waals surface area contributed by atoms with Crippen molar-refractivity contribution in [3.8, 4) is 0 Å². The summed E-state index contributed by atoms with van der Waals surface area (Å²) in [7, 11) is 3.53. The maximum atomic E-state index is 5.30. The summed E-state index contributed by atoms with van der Waals surface area (Å²) < 4.78 is 0. The predicted molar refractivity (Wildman–Crippen MR) is 29.2 cm³/mol. The number of hydrogen-bond acceptors (Lipinski definition) is 4. The van der Waals surface area contributed by atoms with Gasteiger partial charge in [-0.15, -0.1) is 0 Å². The first kappa shape index (κ1) is 6.84. The highest BCUT2D eigenvalue weighted by Crippen LogP contribution is 1.48. The van der Waals surface area contributed by atoms with Gasteiger partial charge in [0.05, 0.1) is 0 Å². The molecular weight excluding hydrogens is 92.1 g/mol. The Morgan fingerprint density at radius 3 is 2.14 bits per heavy atom. The van der Waals surface area contributed by atoms with Gasteiger partial charge in [0, 0.05) is 0 Å². The molecule has 0 saturated heterocycles. The van der Waals surface area contributed by atoms with Crippen LogP contribution in [0.4, 0.5) is 0 Å². The molecule has 0 aromatic heterocycles. The zero-order valence-electron chi connectivity index (χ0n) is 4.65. The van der Waals surface area contributed by atoms with E-state index in [9.17, 15) is 0 Å². The minimum Gasteiger partial charge on any atom is -0.303 e. The molecule has 0 aromatic rings. The normalized spacial score (nSPS) is 14.1. The van der Waals surface area contributed by atoms with Crippen LogP contribution >= 0.6 is 0 Å². The molecule has 0 spiro atoms. The molecule has 7 heavy (non-hydrogen) atoms. The van der Waals surface area contributed by atoms with Crippen molar-refractivity contribution in [3.05, 3.63) is 0 Å². The first-order chi connectivity index (χ1) is 3.31. The van der Waals surface area contributed by atoms with E-state index in [1.807, 2.05) is 0 Å². The Bertz CT molecular complexity index is 37.9. The average molecular weight is 104 g/mol. The van der Waals surface area contributed by atoms with Gasteiger partial charge in [-0.3, -0.25) is 10.7 Å². The molecule has 0 aliphatic carbocycles. The number of rotatable bonds is 3. The summed E-state index contributed by atoms with van der Waals surface area (Å²) in [6.07, 6.45) is -0.162. The van der Waals surface area contributed by atoms with E-state index in [1.54, 1.807) is 14.1 Å². The van der Waals surface area contributed by atoms with Crippen molar-refractivity contribution in [2.45, 2.75) is 6.29 Å². The fraction of sp³-hybridized carbons (Fsp3) is 1.00. The van der Waals surface area contributed by atoms with Gasteiger partial charge in [0.25, 0.3) is 0 Å². The summed E-state index contributed by atoms with van der Waals surface area (Å²) in [6, 6.07) is 0. The summed E-state index contributed by atoms with van der Waals surface area (Å²) in [5.41, 5.74) is 10.7. The van der Waals surface area contributed by atoms with Crippen molar-refractivity contribution in [3.63, 3.8) is 0 Å². The third-order valence-corrected chi connectivity index (χ3v) is 0.611. The molecule has 1 unspecified atom stereocenters. The van der Waals surface area contributed by atoms with E-state index in [0.29, 0.717) is 0 Å². The lowest BCUT2D eigenvalue weighted by Crippen LogP contribution is -2.52. The van der Waals surface area contributed by atoms with E-state index in [0.717, 1.165) is 0 Å². The van der Waals surface area contributed by atoms with Crippen molar-refractivity contribution >= 4 is 0 Å². The van der Waals surface area contributed by atoms with Gasteiger partial charge in [-0.25, -0.2) is 5.43 Å². The molecule has 44 valence electrons. The zero-order valence-corrected chi connectivity index (χ0v) is 4.65. The number of hydrogen-bond donors (Lipinski definition) is 4. The molecule has 0 bridgehead atoms. The van der Waals surface area contributed by atoms with Gasteiger partial charge in [0.2, 0.25) is 0 Å². The molecule has 0 aromatic carbocycles.